The molecule has 1 fully saturated rings. The number of hydrogen-bond acceptors (Lipinski definition) is 6. The van der Waals surface area contributed by atoms with Gasteiger partial charge in [0.1, 0.15) is 5.82 Å². The summed E-state index contributed by atoms with van der Waals surface area (Å²) in [5, 5.41) is 0.742. The Labute approximate surface area is 212 Å². The number of rotatable bonds is 9. The topological polar surface area (TPSA) is 67.8 Å². The van der Waals surface area contributed by atoms with Crippen LogP contribution in [0.5, 0.6) is 5.88 Å². The fourth-order valence-electron chi connectivity index (χ4n) is 4.99. The number of amides is 1. The Bertz CT molecular complexity index is 1220. The first-order chi connectivity index (χ1) is 17.3. The molecule has 0 N–H and O–H groups in total. The highest BCUT2D eigenvalue weighted by atomic mass is 19.1. The van der Waals surface area contributed by atoms with Crippen LogP contribution in [-0.4, -0.2) is 67.3 Å². The summed E-state index contributed by atoms with van der Waals surface area (Å²) >= 11 is 0. The van der Waals surface area contributed by atoms with E-state index in [2.05, 4.69) is 14.9 Å². The van der Waals surface area contributed by atoms with Gasteiger partial charge in [-0.05, 0) is 64.4 Å². The monoisotopic (exact) mass is 494 g/mol. The molecule has 1 aromatic carbocycles. The molecule has 2 heterocycles. The lowest BCUT2D eigenvalue weighted by molar-refractivity contribution is -0.117. The molecule has 36 heavy (non-hydrogen) atoms. The Balaban J connectivity index is 1.68. The number of anilines is 1. The maximum absolute atomic E-state index is 15.2. The molecule has 0 radical (unpaired) electrons. The van der Waals surface area contributed by atoms with Crippen LogP contribution in [0, 0.1) is 12.7 Å². The molecule has 0 aliphatic heterocycles. The van der Waals surface area contributed by atoms with E-state index in [9.17, 15) is 4.79 Å². The van der Waals surface area contributed by atoms with Crippen molar-refractivity contribution in [3.8, 4) is 17.0 Å². The maximum atomic E-state index is 15.2. The molecule has 1 aliphatic carbocycles. The molecule has 192 valence electrons. The molecule has 0 saturated heterocycles. The lowest BCUT2D eigenvalue weighted by Crippen LogP contribution is -2.38. The average Bonchev–Trinajstić information content (AvgIpc) is 3.32. The van der Waals surface area contributed by atoms with E-state index in [-0.39, 0.29) is 23.9 Å². The standard InChI is InChI=1S/C28H35FN4O3/c1-18-16-30-26-15-25(29)23(20-7-10-27(31-17-20)36-12-6-11-32(3)4)14-24(26)28(18)33(19(2)34)21-8-9-22(13-21)35-5/h7,10,14-17,21-22H,6,8-9,11-13H2,1-5H3. The highest BCUT2D eigenvalue weighted by Crippen LogP contribution is 2.38. The number of fused-ring (bicyclic) bond motifs is 1. The number of aryl methyl sites for hydroxylation is 1. The van der Waals surface area contributed by atoms with Crippen LogP contribution < -0.4 is 9.64 Å². The van der Waals surface area contributed by atoms with Crippen molar-refractivity contribution in [2.24, 2.45) is 0 Å². The lowest BCUT2D eigenvalue weighted by Gasteiger charge is -2.30. The summed E-state index contributed by atoms with van der Waals surface area (Å²) in [5.41, 5.74) is 3.21. The van der Waals surface area contributed by atoms with Crippen molar-refractivity contribution < 1.29 is 18.7 Å². The molecule has 2 atom stereocenters. The second kappa shape index (κ2) is 11.3. The van der Waals surface area contributed by atoms with E-state index in [4.69, 9.17) is 9.47 Å². The third-order valence-electron chi connectivity index (χ3n) is 6.79. The zero-order valence-electron chi connectivity index (χ0n) is 21.8. The highest BCUT2D eigenvalue weighted by molar-refractivity contribution is 6.04. The van der Waals surface area contributed by atoms with Gasteiger partial charge in [-0.2, -0.15) is 0 Å². The normalized spacial score (nSPS) is 17.6. The molecule has 2 unspecified atom stereocenters. The number of methoxy groups -OCH3 is 1. The van der Waals surface area contributed by atoms with Crippen LogP contribution in [-0.2, 0) is 9.53 Å². The molecule has 1 aliphatic rings. The third-order valence-corrected chi connectivity index (χ3v) is 6.79. The molecule has 1 saturated carbocycles. The van der Waals surface area contributed by atoms with Gasteiger partial charge >= 0.3 is 0 Å². The van der Waals surface area contributed by atoms with Crippen molar-refractivity contribution in [1.82, 2.24) is 14.9 Å². The predicted octanol–water partition coefficient (Wildman–Crippen LogP) is 5.00. The SMILES string of the molecule is COC1CCC(N(C(C)=O)c2c(C)cnc3cc(F)c(-c4ccc(OCCCN(C)C)nc4)cc23)C1. The summed E-state index contributed by atoms with van der Waals surface area (Å²) < 4.78 is 26.5. The minimum absolute atomic E-state index is 0.0239. The minimum atomic E-state index is -0.388. The van der Waals surface area contributed by atoms with Crippen LogP contribution in [0.3, 0.4) is 0 Å². The van der Waals surface area contributed by atoms with E-state index >= 15 is 4.39 Å². The largest absolute Gasteiger partial charge is 0.478 e. The third kappa shape index (κ3) is 5.65. The van der Waals surface area contributed by atoms with Crippen molar-refractivity contribution >= 4 is 22.5 Å². The van der Waals surface area contributed by atoms with Crippen molar-refractivity contribution in [3.05, 3.63) is 48.0 Å². The number of carbonyl (C=O) groups is 1. The number of aromatic nitrogens is 2. The van der Waals surface area contributed by atoms with E-state index in [1.165, 1.54) is 6.07 Å². The Hall–Kier alpha value is -3.10. The Morgan fingerprint density at radius 3 is 2.61 bits per heavy atom. The van der Waals surface area contributed by atoms with Crippen LogP contribution in [0.15, 0.2) is 36.7 Å². The molecule has 0 spiro atoms. The van der Waals surface area contributed by atoms with Gasteiger partial charge in [0.15, 0.2) is 0 Å². The van der Waals surface area contributed by atoms with Gasteiger partial charge in [-0.15, -0.1) is 0 Å². The van der Waals surface area contributed by atoms with Crippen molar-refractivity contribution in [1.29, 1.82) is 0 Å². The number of halogens is 1. The number of pyridine rings is 2. The minimum Gasteiger partial charge on any atom is -0.478 e. The van der Waals surface area contributed by atoms with Gasteiger partial charge < -0.3 is 19.3 Å². The first-order valence-electron chi connectivity index (χ1n) is 12.4. The smallest absolute Gasteiger partial charge is 0.224 e. The molecule has 1 amide bonds. The van der Waals surface area contributed by atoms with Crippen molar-refractivity contribution in [3.63, 3.8) is 0 Å². The van der Waals surface area contributed by atoms with E-state index in [1.807, 2.05) is 32.0 Å². The lowest BCUT2D eigenvalue weighted by atomic mass is 10.00. The molecule has 2 aromatic heterocycles. The van der Waals surface area contributed by atoms with Gasteiger partial charge in [0.05, 0.1) is 23.9 Å². The summed E-state index contributed by atoms with van der Waals surface area (Å²) in [7, 11) is 5.75. The van der Waals surface area contributed by atoms with E-state index in [0.29, 0.717) is 29.1 Å². The maximum Gasteiger partial charge on any atom is 0.224 e. The van der Waals surface area contributed by atoms with E-state index in [0.717, 1.165) is 48.9 Å². The highest BCUT2D eigenvalue weighted by Gasteiger charge is 2.33. The molecule has 0 bridgehead atoms. The number of hydrogen-bond donors (Lipinski definition) is 0. The summed E-state index contributed by atoms with van der Waals surface area (Å²) in [6.45, 7) is 5.01. The van der Waals surface area contributed by atoms with Gasteiger partial charge in [-0.25, -0.2) is 9.37 Å². The average molecular weight is 495 g/mol. The number of benzene rings is 1. The van der Waals surface area contributed by atoms with Gasteiger partial charge in [0.2, 0.25) is 11.8 Å². The fraction of sp³-hybridized carbons (Fsp3) is 0.464. The van der Waals surface area contributed by atoms with Gasteiger partial charge in [0, 0.05) is 67.7 Å². The van der Waals surface area contributed by atoms with Crippen molar-refractivity contribution in [2.75, 3.05) is 39.3 Å². The van der Waals surface area contributed by atoms with Gasteiger partial charge in [-0.1, -0.05) is 0 Å². The first kappa shape index (κ1) is 26.0. The molecule has 4 rings (SSSR count). The number of nitrogens with zero attached hydrogens (tertiary/aromatic N) is 4. The summed E-state index contributed by atoms with van der Waals surface area (Å²) in [6.07, 6.45) is 6.89. The summed E-state index contributed by atoms with van der Waals surface area (Å²) in [4.78, 5) is 25.7. The Morgan fingerprint density at radius 1 is 1.17 bits per heavy atom. The van der Waals surface area contributed by atoms with Gasteiger partial charge in [-0.3, -0.25) is 9.78 Å². The first-order valence-corrected chi connectivity index (χ1v) is 12.4. The fourth-order valence-corrected chi connectivity index (χ4v) is 4.99. The van der Waals surface area contributed by atoms with E-state index < -0.39 is 0 Å². The number of carbonyl (C=O) groups excluding carboxylic acids is 1. The van der Waals surface area contributed by atoms with Crippen LogP contribution >= 0.6 is 0 Å². The second-order valence-electron chi connectivity index (χ2n) is 9.74. The molecule has 3 aromatic rings. The molecular weight excluding hydrogens is 459 g/mol. The van der Waals surface area contributed by atoms with Crippen LogP contribution in [0.2, 0.25) is 0 Å². The predicted molar refractivity (Wildman–Crippen MR) is 140 cm³/mol. The van der Waals surface area contributed by atoms with Crippen molar-refractivity contribution in [2.45, 2.75) is 51.7 Å². The van der Waals surface area contributed by atoms with Gasteiger partial charge in [0.25, 0.3) is 0 Å². The Morgan fingerprint density at radius 2 is 1.97 bits per heavy atom. The summed E-state index contributed by atoms with van der Waals surface area (Å²) in [6, 6.07) is 6.81. The van der Waals surface area contributed by atoms with Crippen LogP contribution in [0.4, 0.5) is 10.1 Å². The van der Waals surface area contributed by atoms with Crippen LogP contribution in [0.1, 0.15) is 38.2 Å². The molecular formula is C28H35FN4O3. The zero-order chi connectivity index (χ0) is 25.8. The quantitative estimate of drug-likeness (QED) is 0.390. The second-order valence-corrected chi connectivity index (χ2v) is 9.74. The van der Waals surface area contributed by atoms with Crippen LogP contribution in [0.25, 0.3) is 22.0 Å². The Kier molecular flexibility index (Phi) is 8.16. The molecule has 7 nitrogen and oxygen atoms in total. The summed E-state index contributed by atoms with van der Waals surface area (Å²) in [5.74, 6) is 0.0743. The number of ether oxygens (including phenoxy) is 2. The van der Waals surface area contributed by atoms with E-state index in [1.54, 1.807) is 38.6 Å². The zero-order valence-corrected chi connectivity index (χ0v) is 21.8. The molecule has 8 heteroatoms.